The molecule has 17 heavy (non-hydrogen) atoms. The van der Waals surface area contributed by atoms with Crippen molar-refractivity contribution in [3.63, 3.8) is 0 Å². The van der Waals surface area contributed by atoms with Crippen molar-refractivity contribution in [2.24, 2.45) is 5.73 Å². The topological polar surface area (TPSA) is 91.0 Å². The molecule has 2 rings (SSSR count). The normalized spacial score (nSPS) is 14.5. The minimum Gasteiger partial charge on any atom is -0.480 e. The van der Waals surface area contributed by atoms with Gasteiger partial charge in [0.15, 0.2) is 17.6 Å². The van der Waals surface area contributed by atoms with Crippen LogP contribution < -0.4 is 19.9 Å². The maximum Gasteiger partial charge on any atom is 0.258 e. The van der Waals surface area contributed by atoms with Gasteiger partial charge in [0.25, 0.3) is 5.91 Å². The molecule has 92 valence electrons. The number of aliphatic hydroxyl groups excluding tert-OH is 1. The third-order valence-corrected chi connectivity index (χ3v) is 2.43. The van der Waals surface area contributed by atoms with Crippen LogP contribution in [0, 0.1) is 0 Å². The molecule has 1 amide bonds. The molecule has 0 bridgehead atoms. The minimum absolute atomic E-state index is 0.134. The second-order valence-corrected chi connectivity index (χ2v) is 3.63. The van der Waals surface area contributed by atoms with Gasteiger partial charge in [-0.2, -0.15) is 0 Å². The van der Waals surface area contributed by atoms with E-state index in [-0.39, 0.29) is 13.4 Å². The quantitative estimate of drug-likeness (QED) is 0.781. The number of fused-ring (bicyclic) bond motifs is 1. The van der Waals surface area contributed by atoms with E-state index in [2.05, 4.69) is 0 Å². The Morgan fingerprint density at radius 2 is 2.18 bits per heavy atom. The van der Waals surface area contributed by atoms with Gasteiger partial charge in [0.1, 0.15) is 5.75 Å². The van der Waals surface area contributed by atoms with Gasteiger partial charge in [-0.25, -0.2) is 0 Å². The lowest BCUT2D eigenvalue weighted by Crippen LogP contribution is -2.30. The Morgan fingerprint density at radius 3 is 2.76 bits per heavy atom. The first-order valence-electron chi connectivity index (χ1n) is 5.11. The molecule has 0 fully saturated rings. The number of nitrogens with two attached hydrogens (primary N) is 1. The molecule has 0 saturated heterocycles. The zero-order valence-electron chi connectivity index (χ0n) is 9.30. The monoisotopic (exact) mass is 239 g/mol. The number of carbonyl (C=O) groups excluding carboxylic acids is 1. The first-order chi connectivity index (χ1) is 8.11. The van der Waals surface area contributed by atoms with Crippen molar-refractivity contribution in [2.45, 2.75) is 19.6 Å². The van der Waals surface area contributed by atoms with Crippen LogP contribution in [0.5, 0.6) is 17.2 Å². The Morgan fingerprint density at radius 1 is 1.53 bits per heavy atom. The van der Waals surface area contributed by atoms with Crippen molar-refractivity contribution in [3.8, 4) is 17.2 Å². The molecular weight excluding hydrogens is 226 g/mol. The first kappa shape index (κ1) is 11.5. The van der Waals surface area contributed by atoms with Crippen LogP contribution in [0.2, 0.25) is 0 Å². The van der Waals surface area contributed by atoms with E-state index in [4.69, 9.17) is 19.9 Å². The zero-order valence-corrected chi connectivity index (χ0v) is 9.30. The van der Waals surface area contributed by atoms with Gasteiger partial charge in [-0.05, 0) is 13.0 Å². The van der Waals surface area contributed by atoms with Crippen molar-refractivity contribution in [1.29, 1.82) is 0 Å². The molecule has 1 aromatic carbocycles. The fraction of sp³-hybridized carbons (Fsp3) is 0.364. The lowest BCUT2D eigenvalue weighted by molar-refractivity contribution is -0.124. The summed E-state index contributed by atoms with van der Waals surface area (Å²) in [4.78, 5) is 10.9. The lowest BCUT2D eigenvalue weighted by Gasteiger charge is -2.14. The van der Waals surface area contributed by atoms with Crippen LogP contribution in [0.1, 0.15) is 12.5 Å². The summed E-state index contributed by atoms with van der Waals surface area (Å²) in [6.45, 7) is 1.44. The van der Waals surface area contributed by atoms with Gasteiger partial charge in [-0.1, -0.05) is 0 Å². The predicted molar refractivity (Wildman–Crippen MR) is 57.8 cm³/mol. The summed E-state index contributed by atoms with van der Waals surface area (Å²) in [6, 6.07) is 3.19. The van der Waals surface area contributed by atoms with Crippen molar-refractivity contribution in [3.05, 3.63) is 17.7 Å². The van der Waals surface area contributed by atoms with Crippen LogP contribution in [0.4, 0.5) is 0 Å². The molecule has 0 aliphatic carbocycles. The zero-order chi connectivity index (χ0) is 12.4. The van der Waals surface area contributed by atoms with Crippen LogP contribution >= 0.6 is 0 Å². The van der Waals surface area contributed by atoms with Crippen LogP contribution in [0.25, 0.3) is 0 Å². The Balaban J connectivity index is 2.29. The average Bonchev–Trinajstić information content (AvgIpc) is 2.74. The molecule has 0 saturated carbocycles. The van der Waals surface area contributed by atoms with E-state index in [1.807, 2.05) is 0 Å². The molecule has 0 aromatic heterocycles. The van der Waals surface area contributed by atoms with Crippen molar-refractivity contribution in [1.82, 2.24) is 0 Å². The Hall–Kier alpha value is -1.95. The van der Waals surface area contributed by atoms with Crippen LogP contribution in [0.15, 0.2) is 12.1 Å². The van der Waals surface area contributed by atoms with Crippen LogP contribution in [0.3, 0.4) is 0 Å². The first-order valence-corrected chi connectivity index (χ1v) is 5.11. The fourth-order valence-electron chi connectivity index (χ4n) is 1.45. The van der Waals surface area contributed by atoms with E-state index in [1.54, 1.807) is 12.1 Å². The summed E-state index contributed by atoms with van der Waals surface area (Å²) >= 11 is 0. The van der Waals surface area contributed by atoms with E-state index < -0.39 is 12.0 Å². The third kappa shape index (κ3) is 2.26. The van der Waals surface area contributed by atoms with Gasteiger partial charge >= 0.3 is 0 Å². The molecule has 1 unspecified atom stereocenters. The summed E-state index contributed by atoms with van der Waals surface area (Å²) in [5, 5.41) is 9.21. The summed E-state index contributed by atoms with van der Waals surface area (Å²) < 4.78 is 15.7. The van der Waals surface area contributed by atoms with Gasteiger partial charge in [0.2, 0.25) is 6.79 Å². The van der Waals surface area contributed by atoms with Gasteiger partial charge in [0.05, 0.1) is 6.61 Å². The van der Waals surface area contributed by atoms with E-state index >= 15 is 0 Å². The number of amides is 1. The van der Waals surface area contributed by atoms with E-state index in [9.17, 15) is 9.90 Å². The molecule has 0 radical (unpaired) electrons. The Labute approximate surface area is 97.9 Å². The number of hydrogen-bond donors (Lipinski definition) is 2. The van der Waals surface area contributed by atoms with Gasteiger partial charge in [-0.3, -0.25) is 4.79 Å². The van der Waals surface area contributed by atoms with Gasteiger partial charge in [-0.15, -0.1) is 0 Å². The van der Waals surface area contributed by atoms with Crippen molar-refractivity contribution < 1.29 is 24.1 Å². The standard InChI is InChI=1S/C11H13NO5/c1-6(11(12)14)17-8-3-10-9(15-5-16-10)2-7(8)4-13/h2-3,6,13H,4-5H2,1H3,(H2,12,14). The second-order valence-electron chi connectivity index (χ2n) is 3.63. The SMILES string of the molecule is CC(Oc1cc2c(cc1CO)OCO2)C(N)=O. The number of hydrogen-bond acceptors (Lipinski definition) is 5. The largest absolute Gasteiger partial charge is 0.480 e. The maximum absolute atomic E-state index is 10.9. The van der Waals surface area contributed by atoms with Crippen molar-refractivity contribution >= 4 is 5.91 Å². The molecule has 1 aromatic rings. The molecule has 1 aliphatic rings. The van der Waals surface area contributed by atoms with Crippen molar-refractivity contribution in [2.75, 3.05) is 6.79 Å². The number of aliphatic hydroxyl groups is 1. The molecule has 1 atom stereocenters. The molecule has 0 spiro atoms. The lowest BCUT2D eigenvalue weighted by atomic mass is 10.2. The number of carbonyl (C=O) groups is 1. The number of primary amides is 1. The number of benzene rings is 1. The summed E-state index contributed by atoms with van der Waals surface area (Å²) in [5.74, 6) is 0.858. The highest BCUT2D eigenvalue weighted by molar-refractivity contribution is 5.78. The Bertz CT molecular complexity index is 446. The van der Waals surface area contributed by atoms with E-state index in [1.165, 1.54) is 6.92 Å². The molecule has 6 nitrogen and oxygen atoms in total. The molecule has 6 heteroatoms. The maximum atomic E-state index is 10.9. The average molecular weight is 239 g/mol. The second kappa shape index (κ2) is 4.50. The smallest absolute Gasteiger partial charge is 0.258 e. The summed E-state index contributed by atoms with van der Waals surface area (Å²) in [7, 11) is 0. The molecule has 1 heterocycles. The number of ether oxygens (including phenoxy) is 3. The molecule has 3 N–H and O–H groups in total. The van der Waals surface area contributed by atoms with Crippen LogP contribution in [-0.4, -0.2) is 23.9 Å². The van der Waals surface area contributed by atoms with E-state index in [0.717, 1.165) is 0 Å². The minimum atomic E-state index is -0.777. The highest BCUT2D eigenvalue weighted by Gasteiger charge is 2.20. The van der Waals surface area contributed by atoms with Gasteiger partial charge < -0.3 is 25.1 Å². The highest BCUT2D eigenvalue weighted by Crippen LogP contribution is 2.38. The number of rotatable bonds is 4. The highest BCUT2D eigenvalue weighted by atomic mass is 16.7. The van der Waals surface area contributed by atoms with Gasteiger partial charge in [0, 0.05) is 11.6 Å². The molecule has 1 aliphatic heterocycles. The fourth-order valence-corrected chi connectivity index (χ4v) is 1.45. The Kier molecular flexibility index (Phi) is 3.06. The predicted octanol–water partition coefficient (Wildman–Crippen LogP) is 0.160. The molecular formula is C11H13NO5. The summed E-state index contributed by atoms with van der Waals surface area (Å²) in [6.07, 6.45) is -0.777. The third-order valence-electron chi connectivity index (χ3n) is 2.43. The summed E-state index contributed by atoms with van der Waals surface area (Å²) in [5.41, 5.74) is 5.62. The van der Waals surface area contributed by atoms with Crippen LogP contribution in [-0.2, 0) is 11.4 Å². The van der Waals surface area contributed by atoms with E-state index in [0.29, 0.717) is 22.8 Å².